The number of nitrogens with zero attached hydrogens (tertiary/aromatic N) is 6. The number of carbonyl (C=O) groups is 1. The molecule has 4 aromatic rings. The molecule has 0 aliphatic carbocycles. The summed E-state index contributed by atoms with van der Waals surface area (Å²) < 4.78 is 1.74. The molecule has 1 fully saturated rings. The molecule has 0 atom stereocenters. The van der Waals surface area contributed by atoms with E-state index < -0.39 is 0 Å². The van der Waals surface area contributed by atoms with E-state index in [0.29, 0.717) is 11.4 Å². The second kappa shape index (κ2) is 8.23. The van der Waals surface area contributed by atoms with Crippen LogP contribution in [0.1, 0.15) is 28.9 Å². The van der Waals surface area contributed by atoms with Gasteiger partial charge < -0.3 is 5.32 Å². The van der Waals surface area contributed by atoms with Crippen LogP contribution in [0.4, 0.5) is 5.82 Å². The highest BCUT2D eigenvalue weighted by Crippen LogP contribution is 2.22. The molecular weight excluding hydrogens is 390 g/mol. The fourth-order valence-electron chi connectivity index (χ4n) is 3.86. The van der Waals surface area contributed by atoms with Gasteiger partial charge in [0.1, 0.15) is 5.82 Å². The number of nitrogens with one attached hydrogen (secondary N) is 1. The van der Waals surface area contributed by atoms with Crippen LogP contribution in [0.3, 0.4) is 0 Å². The van der Waals surface area contributed by atoms with E-state index >= 15 is 0 Å². The van der Waals surface area contributed by atoms with E-state index in [2.05, 4.69) is 25.3 Å². The number of likely N-dealkylation sites (tertiary alicyclic amines) is 1. The second-order valence-corrected chi connectivity index (χ2v) is 7.83. The maximum atomic E-state index is 12.8. The Morgan fingerprint density at radius 2 is 1.97 bits per heavy atom. The van der Waals surface area contributed by atoms with Gasteiger partial charge in [0.2, 0.25) is 0 Å². The summed E-state index contributed by atoms with van der Waals surface area (Å²) >= 11 is 0. The summed E-state index contributed by atoms with van der Waals surface area (Å²) in [4.78, 5) is 28.7. The first kappa shape index (κ1) is 19.3. The van der Waals surface area contributed by atoms with Crippen molar-refractivity contribution >= 4 is 22.6 Å². The second-order valence-electron chi connectivity index (χ2n) is 7.83. The Hall–Kier alpha value is -3.65. The van der Waals surface area contributed by atoms with Gasteiger partial charge in [0.15, 0.2) is 0 Å². The van der Waals surface area contributed by atoms with Gasteiger partial charge >= 0.3 is 0 Å². The molecule has 8 heteroatoms. The molecule has 31 heavy (non-hydrogen) atoms. The lowest BCUT2D eigenvalue weighted by molar-refractivity contribution is 0.102. The number of carbonyl (C=O) groups excluding carboxylic acids is 1. The molecule has 1 aliphatic rings. The number of hydrogen-bond donors (Lipinski definition) is 1. The Balaban J connectivity index is 1.35. The first-order valence-electron chi connectivity index (χ1n) is 10.4. The standard InChI is InChI=1S/C23H23N7O/c1-29-14-18(13-26-29)20-5-4-17-12-25-22(11-21(17)27-20)28-23(31)16-6-7-24-19(10-16)15-30-8-2-3-9-30/h4-7,10-14H,2-3,8-9,15H2,1H3,(H,25,28,31). The summed E-state index contributed by atoms with van der Waals surface area (Å²) in [5, 5.41) is 7.99. The highest BCUT2D eigenvalue weighted by atomic mass is 16.1. The zero-order valence-electron chi connectivity index (χ0n) is 17.3. The van der Waals surface area contributed by atoms with Gasteiger partial charge in [-0.05, 0) is 50.2 Å². The van der Waals surface area contributed by atoms with Gasteiger partial charge in [0.05, 0.1) is 23.1 Å². The molecule has 0 bridgehead atoms. The van der Waals surface area contributed by atoms with Gasteiger partial charge in [-0.2, -0.15) is 5.10 Å². The average molecular weight is 413 g/mol. The Morgan fingerprint density at radius 1 is 1.10 bits per heavy atom. The van der Waals surface area contributed by atoms with Crippen molar-refractivity contribution in [3.63, 3.8) is 0 Å². The number of hydrogen-bond acceptors (Lipinski definition) is 6. The molecule has 0 radical (unpaired) electrons. The molecule has 5 heterocycles. The molecule has 1 saturated heterocycles. The first-order chi connectivity index (χ1) is 15.1. The molecule has 5 rings (SSSR count). The number of rotatable bonds is 5. The maximum absolute atomic E-state index is 12.8. The summed E-state index contributed by atoms with van der Waals surface area (Å²) in [6.07, 6.45) is 9.56. The Bertz CT molecular complexity index is 1240. The monoisotopic (exact) mass is 413 g/mol. The van der Waals surface area contributed by atoms with Crippen LogP contribution < -0.4 is 5.32 Å². The molecule has 1 amide bonds. The fraction of sp³-hybridized carbons (Fsp3) is 0.261. The molecule has 0 saturated carbocycles. The lowest BCUT2D eigenvalue weighted by Gasteiger charge is -2.14. The number of aryl methyl sites for hydroxylation is 1. The van der Waals surface area contributed by atoms with Crippen LogP contribution in [0.15, 0.2) is 55.1 Å². The minimum absolute atomic E-state index is 0.208. The van der Waals surface area contributed by atoms with E-state index in [1.807, 2.05) is 31.4 Å². The quantitative estimate of drug-likeness (QED) is 0.540. The van der Waals surface area contributed by atoms with Crippen molar-refractivity contribution in [2.24, 2.45) is 7.05 Å². The number of fused-ring (bicyclic) bond motifs is 1. The average Bonchev–Trinajstić information content (AvgIpc) is 3.45. The van der Waals surface area contributed by atoms with E-state index in [1.54, 1.807) is 35.4 Å². The molecule has 0 spiro atoms. The summed E-state index contributed by atoms with van der Waals surface area (Å²) in [6.45, 7) is 2.96. The van der Waals surface area contributed by atoms with Gasteiger partial charge in [-0.25, -0.2) is 9.97 Å². The molecule has 156 valence electrons. The van der Waals surface area contributed by atoms with Crippen molar-refractivity contribution in [2.75, 3.05) is 18.4 Å². The maximum Gasteiger partial charge on any atom is 0.256 e. The summed E-state index contributed by atoms with van der Waals surface area (Å²) in [7, 11) is 1.87. The number of pyridine rings is 3. The van der Waals surface area contributed by atoms with Crippen LogP contribution in [0.5, 0.6) is 0 Å². The van der Waals surface area contributed by atoms with Gasteiger partial charge in [0, 0.05) is 54.8 Å². The number of anilines is 1. The van der Waals surface area contributed by atoms with Gasteiger partial charge in [-0.15, -0.1) is 0 Å². The van der Waals surface area contributed by atoms with E-state index in [0.717, 1.165) is 47.5 Å². The van der Waals surface area contributed by atoms with Crippen molar-refractivity contribution in [3.05, 3.63) is 66.4 Å². The van der Waals surface area contributed by atoms with Crippen LogP contribution >= 0.6 is 0 Å². The number of aromatic nitrogens is 5. The minimum Gasteiger partial charge on any atom is -0.306 e. The molecule has 0 aromatic carbocycles. The van der Waals surface area contributed by atoms with Crippen molar-refractivity contribution in [1.82, 2.24) is 29.6 Å². The van der Waals surface area contributed by atoms with Crippen LogP contribution in [0.25, 0.3) is 22.2 Å². The van der Waals surface area contributed by atoms with Crippen LogP contribution in [-0.2, 0) is 13.6 Å². The molecule has 0 unspecified atom stereocenters. The van der Waals surface area contributed by atoms with Crippen LogP contribution in [-0.4, -0.2) is 48.6 Å². The lowest BCUT2D eigenvalue weighted by atomic mass is 10.2. The Morgan fingerprint density at radius 3 is 2.77 bits per heavy atom. The zero-order chi connectivity index (χ0) is 21.2. The van der Waals surface area contributed by atoms with E-state index in [1.165, 1.54) is 12.8 Å². The first-order valence-corrected chi connectivity index (χ1v) is 10.4. The normalized spacial score (nSPS) is 14.2. The zero-order valence-corrected chi connectivity index (χ0v) is 17.3. The van der Waals surface area contributed by atoms with Crippen molar-refractivity contribution < 1.29 is 4.79 Å². The molecule has 4 aromatic heterocycles. The van der Waals surface area contributed by atoms with E-state index in [9.17, 15) is 4.79 Å². The molecular formula is C23H23N7O. The van der Waals surface area contributed by atoms with Gasteiger partial charge in [0.25, 0.3) is 5.91 Å². The summed E-state index contributed by atoms with van der Waals surface area (Å²) in [6, 6.07) is 9.28. The van der Waals surface area contributed by atoms with Crippen molar-refractivity contribution in [2.45, 2.75) is 19.4 Å². The highest BCUT2D eigenvalue weighted by Gasteiger charge is 2.14. The third-order valence-corrected chi connectivity index (χ3v) is 5.48. The van der Waals surface area contributed by atoms with Crippen molar-refractivity contribution in [1.29, 1.82) is 0 Å². The van der Waals surface area contributed by atoms with Gasteiger partial charge in [-0.3, -0.25) is 19.4 Å². The van der Waals surface area contributed by atoms with E-state index in [-0.39, 0.29) is 5.91 Å². The molecule has 8 nitrogen and oxygen atoms in total. The Kier molecular flexibility index (Phi) is 5.13. The third-order valence-electron chi connectivity index (χ3n) is 5.48. The molecule has 1 aliphatic heterocycles. The fourth-order valence-corrected chi connectivity index (χ4v) is 3.86. The summed E-state index contributed by atoms with van der Waals surface area (Å²) in [5.74, 6) is 0.256. The predicted octanol–water partition coefficient (Wildman–Crippen LogP) is 3.27. The van der Waals surface area contributed by atoms with Gasteiger partial charge in [-0.1, -0.05) is 0 Å². The largest absolute Gasteiger partial charge is 0.306 e. The highest BCUT2D eigenvalue weighted by molar-refractivity contribution is 6.04. The molecule has 1 N–H and O–H groups in total. The van der Waals surface area contributed by atoms with E-state index in [4.69, 9.17) is 4.98 Å². The van der Waals surface area contributed by atoms with Crippen LogP contribution in [0, 0.1) is 0 Å². The van der Waals surface area contributed by atoms with Crippen LogP contribution in [0.2, 0.25) is 0 Å². The smallest absolute Gasteiger partial charge is 0.256 e. The minimum atomic E-state index is -0.208. The lowest BCUT2D eigenvalue weighted by Crippen LogP contribution is -2.20. The predicted molar refractivity (Wildman–Crippen MR) is 118 cm³/mol. The van der Waals surface area contributed by atoms with Crippen molar-refractivity contribution in [3.8, 4) is 11.3 Å². The third kappa shape index (κ3) is 4.29. The summed E-state index contributed by atoms with van der Waals surface area (Å²) in [5.41, 5.74) is 4.00. The SMILES string of the molecule is Cn1cc(-c2ccc3cnc(NC(=O)c4ccnc(CN5CCCC5)c4)cc3n2)cn1. The topological polar surface area (TPSA) is 88.8 Å². The number of amides is 1. The Labute approximate surface area is 180 Å².